The van der Waals surface area contributed by atoms with Crippen LogP contribution < -0.4 is 0 Å². The van der Waals surface area contributed by atoms with Crippen LogP contribution >= 0.6 is 0 Å². The molecule has 2 atom stereocenters. The van der Waals surface area contributed by atoms with Gasteiger partial charge < -0.3 is 19.3 Å². The molecular formula is C46H80N2O5. The number of nitrogens with zero attached hydrogens (tertiary/aromatic N) is 2. The fourth-order valence-corrected chi connectivity index (χ4v) is 6.53. The maximum atomic E-state index is 13.3. The zero-order valence-corrected chi connectivity index (χ0v) is 34.7. The Morgan fingerprint density at radius 3 is 1.58 bits per heavy atom. The Hall–Kier alpha value is -2.67. The summed E-state index contributed by atoms with van der Waals surface area (Å²) >= 11 is 0. The van der Waals surface area contributed by atoms with Gasteiger partial charge in [-0.05, 0) is 91.1 Å². The summed E-state index contributed by atoms with van der Waals surface area (Å²) in [6.07, 6.45) is 45.1. The normalized spacial score (nSPS) is 16.4. The molecular weight excluding hydrogens is 661 g/mol. The number of amides is 1. The van der Waals surface area contributed by atoms with E-state index in [1.54, 1.807) is 4.90 Å². The highest BCUT2D eigenvalue weighted by Crippen LogP contribution is 2.24. The molecule has 304 valence electrons. The minimum atomic E-state index is -0.684. The van der Waals surface area contributed by atoms with Gasteiger partial charge in [0, 0.05) is 19.4 Å². The molecule has 7 heteroatoms. The van der Waals surface area contributed by atoms with Crippen LogP contribution in [0.5, 0.6) is 0 Å². The van der Waals surface area contributed by atoms with Gasteiger partial charge >= 0.3 is 11.9 Å². The minimum Gasteiger partial charge on any atom is -0.464 e. The van der Waals surface area contributed by atoms with Crippen LogP contribution in [0.3, 0.4) is 0 Å². The molecule has 0 aromatic rings. The largest absolute Gasteiger partial charge is 0.464 e. The van der Waals surface area contributed by atoms with Crippen molar-refractivity contribution in [3.05, 3.63) is 48.6 Å². The monoisotopic (exact) mass is 741 g/mol. The van der Waals surface area contributed by atoms with Gasteiger partial charge in [-0.25, -0.2) is 4.79 Å². The first-order valence-electron chi connectivity index (χ1n) is 21.8. The maximum Gasteiger partial charge on any atom is 0.329 e. The van der Waals surface area contributed by atoms with E-state index in [2.05, 4.69) is 62.5 Å². The van der Waals surface area contributed by atoms with Crippen molar-refractivity contribution in [2.75, 3.05) is 33.8 Å². The van der Waals surface area contributed by atoms with Gasteiger partial charge in [0.15, 0.2) is 0 Å². The molecule has 2 unspecified atom stereocenters. The molecule has 1 heterocycles. The summed E-state index contributed by atoms with van der Waals surface area (Å²) in [6.45, 7) is 5.70. The number of ether oxygens (including phenoxy) is 2. The first-order chi connectivity index (χ1) is 25.9. The number of carbonyl (C=O) groups excluding carboxylic acids is 3. The van der Waals surface area contributed by atoms with Crippen molar-refractivity contribution in [2.24, 2.45) is 0 Å². The third-order valence-corrected chi connectivity index (χ3v) is 9.85. The fourth-order valence-electron chi connectivity index (χ4n) is 6.53. The highest BCUT2D eigenvalue weighted by atomic mass is 16.5. The molecule has 1 amide bonds. The van der Waals surface area contributed by atoms with Crippen molar-refractivity contribution in [1.29, 1.82) is 0 Å². The summed E-state index contributed by atoms with van der Waals surface area (Å²) in [7, 11) is 3.83. The lowest BCUT2D eigenvalue weighted by atomic mass is 10.1. The van der Waals surface area contributed by atoms with Crippen molar-refractivity contribution < 1.29 is 23.9 Å². The number of carbonyl (C=O) groups is 3. The summed E-state index contributed by atoms with van der Waals surface area (Å²) in [6, 6.07) is -0.684. The van der Waals surface area contributed by atoms with Gasteiger partial charge in [0.05, 0.1) is 19.6 Å². The molecule has 0 aliphatic carbocycles. The van der Waals surface area contributed by atoms with Crippen LogP contribution in [0.25, 0.3) is 0 Å². The highest BCUT2D eigenvalue weighted by molar-refractivity contribution is 5.85. The second-order valence-corrected chi connectivity index (χ2v) is 15.2. The van der Waals surface area contributed by atoms with Crippen LogP contribution in [0.4, 0.5) is 0 Å². The van der Waals surface area contributed by atoms with Crippen molar-refractivity contribution in [2.45, 2.75) is 193 Å². The Balaban J connectivity index is 2.33. The van der Waals surface area contributed by atoms with E-state index in [0.717, 1.165) is 70.6 Å². The lowest BCUT2D eigenvalue weighted by molar-refractivity contribution is -0.153. The molecule has 7 nitrogen and oxygen atoms in total. The molecule has 0 aromatic carbocycles. The first-order valence-corrected chi connectivity index (χ1v) is 21.8. The SMILES string of the molecule is CCCCC/C=C\C/C=C\CCCCCCCCOC(=O)C1CC(OC(=O)CCN(C)C)CN1C(=O)CCCCCCC/C=C\C/C=C\CCCCC. The number of allylic oxidation sites excluding steroid dienone is 8. The fraction of sp³-hybridized carbons (Fsp3) is 0.761. The van der Waals surface area contributed by atoms with Gasteiger partial charge in [-0.1, -0.05) is 133 Å². The van der Waals surface area contributed by atoms with Gasteiger partial charge in [0.2, 0.25) is 5.91 Å². The summed E-state index contributed by atoms with van der Waals surface area (Å²) in [5, 5.41) is 0. The first kappa shape index (κ1) is 48.3. The highest BCUT2D eigenvalue weighted by Gasteiger charge is 2.42. The molecule has 0 aromatic heterocycles. The number of unbranched alkanes of at least 4 members (excludes halogenated alkanes) is 17. The zero-order valence-electron chi connectivity index (χ0n) is 34.7. The van der Waals surface area contributed by atoms with Gasteiger partial charge in [-0.15, -0.1) is 0 Å². The summed E-state index contributed by atoms with van der Waals surface area (Å²) < 4.78 is 11.4. The smallest absolute Gasteiger partial charge is 0.329 e. The van der Waals surface area contributed by atoms with Crippen LogP contribution in [0.1, 0.15) is 181 Å². The molecule has 53 heavy (non-hydrogen) atoms. The molecule has 1 saturated heterocycles. The van der Waals surface area contributed by atoms with E-state index in [9.17, 15) is 14.4 Å². The van der Waals surface area contributed by atoms with Crippen LogP contribution in [0.15, 0.2) is 48.6 Å². The lowest BCUT2D eigenvalue weighted by Crippen LogP contribution is -2.41. The van der Waals surface area contributed by atoms with Crippen LogP contribution in [-0.2, 0) is 23.9 Å². The predicted octanol–water partition coefficient (Wildman–Crippen LogP) is 11.6. The predicted molar refractivity (Wildman–Crippen MR) is 223 cm³/mol. The second-order valence-electron chi connectivity index (χ2n) is 15.2. The molecule has 1 fully saturated rings. The Labute approximate surface area is 326 Å². The van der Waals surface area contributed by atoms with E-state index < -0.39 is 12.1 Å². The number of rotatable bonds is 34. The van der Waals surface area contributed by atoms with E-state index in [-0.39, 0.29) is 30.8 Å². The van der Waals surface area contributed by atoms with E-state index in [1.165, 1.54) is 77.0 Å². The minimum absolute atomic E-state index is 0.0433. The van der Waals surface area contributed by atoms with Crippen molar-refractivity contribution in [3.63, 3.8) is 0 Å². The number of likely N-dealkylation sites (tertiary alicyclic amines) is 1. The Morgan fingerprint density at radius 2 is 1.08 bits per heavy atom. The van der Waals surface area contributed by atoms with Crippen molar-refractivity contribution >= 4 is 17.8 Å². The Kier molecular flexibility index (Phi) is 32.0. The third kappa shape index (κ3) is 28.4. The van der Waals surface area contributed by atoms with Gasteiger partial charge in [0.1, 0.15) is 12.1 Å². The van der Waals surface area contributed by atoms with E-state index in [4.69, 9.17) is 9.47 Å². The van der Waals surface area contributed by atoms with Gasteiger partial charge in [-0.3, -0.25) is 9.59 Å². The molecule has 1 aliphatic heterocycles. The number of hydrogen-bond donors (Lipinski definition) is 0. The lowest BCUT2D eigenvalue weighted by Gasteiger charge is -2.23. The van der Waals surface area contributed by atoms with Crippen LogP contribution in [0, 0.1) is 0 Å². The molecule has 0 radical (unpaired) electrons. The van der Waals surface area contributed by atoms with Crippen LogP contribution in [-0.4, -0.2) is 73.6 Å². The summed E-state index contributed by atoms with van der Waals surface area (Å²) in [4.78, 5) is 42.5. The molecule has 0 spiro atoms. The van der Waals surface area contributed by atoms with Gasteiger partial charge in [-0.2, -0.15) is 0 Å². The maximum absolute atomic E-state index is 13.3. The van der Waals surface area contributed by atoms with E-state index >= 15 is 0 Å². The van der Waals surface area contributed by atoms with Crippen molar-refractivity contribution in [1.82, 2.24) is 9.80 Å². The zero-order chi connectivity index (χ0) is 38.6. The molecule has 0 N–H and O–H groups in total. The molecule has 1 rings (SSSR count). The average molecular weight is 741 g/mol. The second kappa shape index (κ2) is 35.1. The Bertz CT molecular complexity index is 1030. The average Bonchev–Trinajstić information content (AvgIpc) is 3.57. The van der Waals surface area contributed by atoms with E-state index in [1.807, 2.05) is 19.0 Å². The third-order valence-electron chi connectivity index (χ3n) is 9.85. The molecule has 1 aliphatic rings. The van der Waals surface area contributed by atoms with Crippen LogP contribution in [0.2, 0.25) is 0 Å². The summed E-state index contributed by atoms with van der Waals surface area (Å²) in [5.74, 6) is -0.703. The number of hydrogen-bond acceptors (Lipinski definition) is 6. The number of esters is 2. The summed E-state index contributed by atoms with van der Waals surface area (Å²) in [5.41, 5.74) is 0. The quantitative estimate of drug-likeness (QED) is 0.0371. The standard InChI is InChI=1S/C46H80N2O5/c1-5-7-9-11-13-15-17-19-21-23-25-27-29-31-33-35-39-52-46(51)43-40-42(53-45(50)37-38-47(3)4)41-48(43)44(49)36-34-32-30-28-26-24-22-20-18-16-14-12-10-8-6-2/h13-16,19-22,42-43H,5-12,17-18,23-41H2,1-4H3/b15-13-,16-14-,21-19-,22-20-. The van der Waals surface area contributed by atoms with Gasteiger partial charge in [0.25, 0.3) is 0 Å². The molecule has 0 bridgehead atoms. The Morgan fingerprint density at radius 1 is 0.604 bits per heavy atom. The molecule has 0 saturated carbocycles. The van der Waals surface area contributed by atoms with E-state index in [0.29, 0.717) is 26.0 Å². The topological polar surface area (TPSA) is 76.2 Å². The van der Waals surface area contributed by atoms with Crippen molar-refractivity contribution in [3.8, 4) is 0 Å².